The molecule has 2 aromatic heterocycles. The lowest BCUT2D eigenvalue weighted by Gasteiger charge is -2.17. The van der Waals surface area contributed by atoms with E-state index < -0.39 is 0 Å². The van der Waals surface area contributed by atoms with Gasteiger partial charge in [0, 0.05) is 12.2 Å². The number of para-hydroxylation sites is 1. The van der Waals surface area contributed by atoms with Crippen molar-refractivity contribution in [2.24, 2.45) is 0 Å². The molecular formula is C18H16N4O2. The fraction of sp³-hybridized carbons (Fsp3) is 0.167. The Labute approximate surface area is 139 Å². The third kappa shape index (κ3) is 2.74. The number of hydrogen-bond donors (Lipinski definition) is 1. The zero-order valence-electron chi connectivity index (χ0n) is 13.0. The first kappa shape index (κ1) is 14.4. The molecule has 0 aliphatic carbocycles. The van der Waals surface area contributed by atoms with Crippen molar-refractivity contribution in [3.63, 3.8) is 0 Å². The minimum Gasteiger partial charge on any atom is -0.467 e. The van der Waals surface area contributed by atoms with Gasteiger partial charge in [0.1, 0.15) is 11.5 Å². The van der Waals surface area contributed by atoms with Gasteiger partial charge in [-0.25, -0.2) is 9.97 Å². The van der Waals surface area contributed by atoms with Crippen LogP contribution in [0.4, 0.5) is 11.5 Å². The summed E-state index contributed by atoms with van der Waals surface area (Å²) >= 11 is 0. The van der Waals surface area contributed by atoms with Crippen molar-refractivity contribution in [3.8, 4) is 0 Å². The van der Waals surface area contributed by atoms with Gasteiger partial charge in [-0.2, -0.15) is 0 Å². The molecule has 1 aromatic carbocycles. The van der Waals surface area contributed by atoms with Gasteiger partial charge in [0.2, 0.25) is 0 Å². The van der Waals surface area contributed by atoms with E-state index in [9.17, 15) is 4.79 Å². The average Bonchev–Trinajstić information content (AvgIpc) is 3.29. The van der Waals surface area contributed by atoms with Gasteiger partial charge in [0.15, 0.2) is 5.82 Å². The first-order chi connectivity index (χ1) is 11.8. The zero-order valence-corrected chi connectivity index (χ0v) is 13.0. The predicted octanol–water partition coefficient (Wildman–Crippen LogP) is 2.69. The normalized spacial score (nSPS) is 12.9. The van der Waals surface area contributed by atoms with Crippen LogP contribution in [0.25, 0.3) is 0 Å². The largest absolute Gasteiger partial charge is 0.467 e. The highest BCUT2D eigenvalue weighted by molar-refractivity contribution is 5.92. The Morgan fingerprint density at radius 2 is 2.08 bits per heavy atom. The molecule has 24 heavy (non-hydrogen) atoms. The van der Waals surface area contributed by atoms with E-state index in [-0.39, 0.29) is 11.6 Å². The lowest BCUT2D eigenvalue weighted by Crippen LogP contribution is -2.24. The SMILES string of the molecule is O=C(NCc1ccco1)c1cnc(N2CCc3ccccc32)cn1. The van der Waals surface area contributed by atoms with Crippen LogP contribution in [0, 0.1) is 0 Å². The number of rotatable bonds is 4. The molecule has 120 valence electrons. The van der Waals surface area contributed by atoms with Crippen LogP contribution >= 0.6 is 0 Å². The molecule has 1 aliphatic heterocycles. The second-order valence-corrected chi connectivity index (χ2v) is 5.55. The lowest BCUT2D eigenvalue weighted by atomic mass is 10.2. The van der Waals surface area contributed by atoms with Crippen molar-refractivity contribution in [3.05, 3.63) is 72.1 Å². The second-order valence-electron chi connectivity index (χ2n) is 5.55. The Balaban J connectivity index is 1.46. The van der Waals surface area contributed by atoms with Crippen LogP contribution in [-0.2, 0) is 13.0 Å². The average molecular weight is 320 g/mol. The summed E-state index contributed by atoms with van der Waals surface area (Å²) in [5, 5.41) is 2.76. The van der Waals surface area contributed by atoms with Crippen LogP contribution in [0.2, 0.25) is 0 Å². The summed E-state index contributed by atoms with van der Waals surface area (Å²) in [5.74, 6) is 1.18. The summed E-state index contributed by atoms with van der Waals surface area (Å²) in [5.41, 5.74) is 2.75. The van der Waals surface area contributed by atoms with Crippen LogP contribution in [0.1, 0.15) is 21.8 Å². The highest BCUT2D eigenvalue weighted by atomic mass is 16.3. The van der Waals surface area contributed by atoms with E-state index in [1.165, 1.54) is 11.8 Å². The number of carbonyl (C=O) groups excluding carboxylic acids is 1. The summed E-state index contributed by atoms with van der Waals surface area (Å²) in [6.45, 7) is 1.20. The van der Waals surface area contributed by atoms with Crippen molar-refractivity contribution in [2.45, 2.75) is 13.0 Å². The molecule has 6 heteroatoms. The molecule has 1 amide bonds. The summed E-state index contributed by atoms with van der Waals surface area (Å²) < 4.78 is 5.18. The van der Waals surface area contributed by atoms with Crippen molar-refractivity contribution in [1.29, 1.82) is 0 Å². The third-order valence-electron chi connectivity index (χ3n) is 4.04. The molecule has 3 heterocycles. The molecule has 0 saturated heterocycles. The highest BCUT2D eigenvalue weighted by Crippen LogP contribution is 2.32. The summed E-state index contributed by atoms with van der Waals surface area (Å²) in [6, 6.07) is 11.8. The fourth-order valence-electron chi connectivity index (χ4n) is 2.83. The van der Waals surface area contributed by atoms with Gasteiger partial charge in [-0.1, -0.05) is 18.2 Å². The van der Waals surface area contributed by atoms with Crippen LogP contribution in [-0.4, -0.2) is 22.4 Å². The molecule has 4 rings (SSSR count). The quantitative estimate of drug-likeness (QED) is 0.800. The molecule has 1 aliphatic rings. The van der Waals surface area contributed by atoms with Crippen molar-refractivity contribution in [2.75, 3.05) is 11.4 Å². The molecule has 0 bridgehead atoms. The molecule has 3 aromatic rings. The molecule has 1 N–H and O–H groups in total. The van der Waals surface area contributed by atoms with E-state index in [0.717, 1.165) is 24.5 Å². The molecule has 0 fully saturated rings. The topological polar surface area (TPSA) is 71.3 Å². The zero-order chi connectivity index (χ0) is 16.4. The Hall–Kier alpha value is -3.15. The van der Waals surface area contributed by atoms with Gasteiger partial charge >= 0.3 is 0 Å². The minimum atomic E-state index is -0.271. The second kappa shape index (κ2) is 6.16. The molecule has 0 unspecified atom stereocenters. The number of aromatic nitrogens is 2. The Bertz CT molecular complexity index is 844. The fourth-order valence-corrected chi connectivity index (χ4v) is 2.83. The van der Waals surface area contributed by atoms with Gasteiger partial charge in [-0.3, -0.25) is 4.79 Å². The Kier molecular flexibility index (Phi) is 3.70. The van der Waals surface area contributed by atoms with Gasteiger partial charge in [-0.15, -0.1) is 0 Å². The number of fused-ring (bicyclic) bond motifs is 1. The molecular weight excluding hydrogens is 304 g/mol. The van der Waals surface area contributed by atoms with Crippen molar-refractivity contribution < 1.29 is 9.21 Å². The van der Waals surface area contributed by atoms with Crippen LogP contribution in [0.3, 0.4) is 0 Å². The van der Waals surface area contributed by atoms with Gasteiger partial charge in [0.25, 0.3) is 5.91 Å². The maximum Gasteiger partial charge on any atom is 0.271 e. The number of nitrogens with zero attached hydrogens (tertiary/aromatic N) is 3. The summed E-state index contributed by atoms with van der Waals surface area (Å²) in [6.07, 6.45) is 5.71. The van der Waals surface area contributed by atoms with Gasteiger partial charge < -0.3 is 14.6 Å². The number of anilines is 2. The summed E-state index contributed by atoms with van der Waals surface area (Å²) in [7, 11) is 0. The van der Waals surface area contributed by atoms with Crippen LogP contribution in [0.15, 0.2) is 59.5 Å². The molecule has 0 radical (unpaired) electrons. The van der Waals surface area contributed by atoms with Crippen LogP contribution in [0.5, 0.6) is 0 Å². The maximum absolute atomic E-state index is 12.1. The molecule has 0 spiro atoms. The van der Waals surface area contributed by atoms with Crippen LogP contribution < -0.4 is 10.2 Å². The van der Waals surface area contributed by atoms with Gasteiger partial charge in [0.05, 0.1) is 25.2 Å². The monoisotopic (exact) mass is 320 g/mol. The van der Waals surface area contributed by atoms with E-state index in [0.29, 0.717) is 12.3 Å². The Morgan fingerprint density at radius 3 is 2.88 bits per heavy atom. The number of carbonyl (C=O) groups is 1. The first-order valence-corrected chi connectivity index (χ1v) is 7.79. The van der Waals surface area contributed by atoms with Crippen molar-refractivity contribution in [1.82, 2.24) is 15.3 Å². The third-order valence-corrected chi connectivity index (χ3v) is 4.04. The van der Waals surface area contributed by atoms with E-state index in [1.54, 1.807) is 24.6 Å². The van der Waals surface area contributed by atoms with Gasteiger partial charge in [-0.05, 0) is 30.2 Å². The maximum atomic E-state index is 12.1. The lowest BCUT2D eigenvalue weighted by molar-refractivity contribution is 0.0942. The predicted molar refractivity (Wildman–Crippen MR) is 89.1 cm³/mol. The molecule has 0 atom stereocenters. The van der Waals surface area contributed by atoms with E-state index >= 15 is 0 Å². The number of hydrogen-bond acceptors (Lipinski definition) is 5. The van der Waals surface area contributed by atoms with E-state index in [2.05, 4.69) is 32.3 Å². The van der Waals surface area contributed by atoms with Crippen molar-refractivity contribution >= 4 is 17.4 Å². The number of furan rings is 1. The molecule has 0 saturated carbocycles. The standard InChI is InChI=1S/C18H16N4O2/c23-18(21-10-14-5-3-9-24-14)15-11-20-17(12-19-15)22-8-7-13-4-1-2-6-16(13)22/h1-6,9,11-12H,7-8,10H2,(H,21,23). The Morgan fingerprint density at radius 1 is 1.17 bits per heavy atom. The number of amides is 1. The van der Waals surface area contributed by atoms with E-state index in [4.69, 9.17) is 4.42 Å². The molecule has 6 nitrogen and oxygen atoms in total. The number of benzene rings is 1. The number of nitrogens with one attached hydrogen (secondary N) is 1. The summed E-state index contributed by atoms with van der Waals surface area (Å²) in [4.78, 5) is 22.9. The first-order valence-electron chi connectivity index (χ1n) is 7.79. The highest BCUT2D eigenvalue weighted by Gasteiger charge is 2.21. The minimum absolute atomic E-state index is 0.271. The smallest absolute Gasteiger partial charge is 0.271 e. The van der Waals surface area contributed by atoms with E-state index in [1.807, 2.05) is 12.1 Å².